The smallest absolute Gasteiger partial charge is 0.259 e. The van der Waals surface area contributed by atoms with Gasteiger partial charge in [-0.05, 0) is 45.1 Å². The molecule has 7 nitrogen and oxygen atoms in total. The van der Waals surface area contributed by atoms with Crippen molar-refractivity contribution < 1.29 is 14.1 Å². The van der Waals surface area contributed by atoms with Crippen molar-refractivity contribution in [2.75, 3.05) is 39.3 Å². The lowest BCUT2D eigenvalue weighted by Crippen LogP contribution is -2.51. The van der Waals surface area contributed by atoms with Crippen molar-refractivity contribution >= 4 is 11.8 Å². The van der Waals surface area contributed by atoms with Gasteiger partial charge in [0.15, 0.2) is 0 Å². The second-order valence-electron chi connectivity index (χ2n) is 8.41. The number of piperidine rings is 2. The first-order valence-electron chi connectivity index (χ1n) is 10.9. The average molecular weight is 389 g/mol. The van der Waals surface area contributed by atoms with Crippen LogP contribution in [0.2, 0.25) is 0 Å². The van der Waals surface area contributed by atoms with Crippen LogP contribution in [0.25, 0.3) is 0 Å². The highest BCUT2D eigenvalue weighted by atomic mass is 16.5. The second kappa shape index (κ2) is 8.64. The predicted octanol–water partition coefficient (Wildman–Crippen LogP) is 2.18. The summed E-state index contributed by atoms with van der Waals surface area (Å²) in [4.78, 5) is 32.1. The Morgan fingerprint density at radius 2 is 1.79 bits per heavy atom. The highest BCUT2D eigenvalue weighted by Crippen LogP contribution is 2.27. The summed E-state index contributed by atoms with van der Waals surface area (Å²) in [5, 5.41) is 3.79. The molecule has 1 aromatic rings. The van der Waals surface area contributed by atoms with Gasteiger partial charge in [0.1, 0.15) is 11.3 Å². The van der Waals surface area contributed by atoms with Crippen LogP contribution in [0, 0.1) is 5.92 Å². The van der Waals surface area contributed by atoms with Gasteiger partial charge in [0, 0.05) is 45.2 Å². The van der Waals surface area contributed by atoms with E-state index < -0.39 is 0 Å². The summed E-state index contributed by atoms with van der Waals surface area (Å²) in [6, 6.07) is 0.478. The van der Waals surface area contributed by atoms with Crippen LogP contribution >= 0.6 is 0 Å². The Balaban J connectivity index is 1.31. The number of likely N-dealkylation sites (tertiary alicyclic amines) is 3. The van der Waals surface area contributed by atoms with Gasteiger partial charge in [-0.2, -0.15) is 0 Å². The topological polar surface area (TPSA) is 69.9 Å². The van der Waals surface area contributed by atoms with Crippen LogP contribution in [0.5, 0.6) is 0 Å². The van der Waals surface area contributed by atoms with Crippen LogP contribution in [-0.4, -0.2) is 77.0 Å². The van der Waals surface area contributed by atoms with Crippen LogP contribution < -0.4 is 0 Å². The zero-order valence-corrected chi connectivity index (χ0v) is 16.9. The average Bonchev–Trinajstić information content (AvgIpc) is 3.45. The third-order valence-corrected chi connectivity index (χ3v) is 6.68. The van der Waals surface area contributed by atoms with Crippen LogP contribution in [0.1, 0.15) is 61.6 Å². The Kier molecular flexibility index (Phi) is 5.99. The molecular formula is C21H32N4O3. The summed E-state index contributed by atoms with van der Waals surface area (Å²) in [6.45, 7) is 7.35. The fraction of sp³-hybridized carbons (Fsp3) is 0.762. The van der Waals surface area contributed by atoms with Gasteiger partial charge in [0.2, 0.25) is 5.91 Å². The van der Waals surface area contributed by atoms with E-state index in [9.17, 15) is 9.59 Å². The fourth-order valence-corrected chi connectivity index (χ4v) is 5.03. The molecule has 0 bridgehead atoms. The summed E-state index contributed by atoms with van der Waals surface area (Å²) in [5.41, 5.74) is 0.607. The molecule has 4 heterocycles. The van der Waals surface area contributed by atoms with Crippen molar-refractivity contribution in [3.8, 4) is 0 Å². The van der Waals surface area contributed by atoms with Crippen molar-refractivity contribution in [2.45, 2.75) is 57.9 Å². The minimum absolute atomic E-state index is 0.0391. The number of rotatable bonds is 4. The van der Waals surface area contributed by atoms with Crippen molar-refractivity contribution in [3.63, 3.8) is 0 Å². The SMILES string of the molecule is CCc1oncc1C(=O)N1CCC(N2CCC[C@H](C(=O)N3CCCC3)C2)CC1. The van der Waals surface area contributed by atoms with Gasteiger partial charge in [-0.15, -0.1) is 0 Å². The fourth-order valence-electron chi connectivity index (χ4n) is 5.03. The molecule has 7 heteroatoms. The zero-order valence-electron chi connectivity index (χ0n) is 16.9. The Hall–Kier alpha value is -1.89. The molecule has 0 N–H and O–H groups in total. The standard InChI is InChI=1S/C21H32N4O3/c1-2-19-18(14-22-28-19)21(27)24-12-7-17(8-13-24)25-11-5-6-16(15-25)20(26)23-9-3-4-10-23/h14,16-17H,2-13,15H2,1H3/t16-/m0/s1. The van der Waals surface area contributed by atoms with E-state index in [1.807, 2.05) is 11.8 Å². The number of hydrogen-bond donors (Lipinski definition) is 0. The first-order valence-corrected chi connectivity index (χ1v) is 10.9. The minimum Gasteiger partial charge on any atom is -0.361 e. The summed E-state index contributed by atoms with van der Waals surface area (Å²) >= 11 is 0. The lowest BCUT2D eigenvalue weighted by Gasteiger charge is -2.42. The van der Waals surface area contributed by atoms with Crippen LogP contribution in [0.15, 0.2) is 10.7 Å². The normalized spacial score (nSPS) is 24.7. The van der Waals surface area contributed by atoms with Gasteiger partial charge in [-0.25, -0.2) is 0 Å². The van der Waals surface area contributed by atoms with Crippen molar-refractivity contribution in [1.82, 2.24) is 19.9 Å². The highest BCUT2D eigenvalue weighted by molar-refractivity contribution is 5.94. The molecule has 3 aliphatic rings. The van der Waals surface area contributed by atoms with Gasteiger partial charge in [-0.3, -0.25) is 14.5 Å². The predicted molar refractivity (Wildman–Crippen MR) is 105 cm³/mol. The molecule has 3 fully saturated rings. The van der Waals surface area contributed by atoms with Crippen molar-refractivity contribution in [1.29, 1.82) is 0 Å². The number of aromatic nitrogens is 1. The van der Waals surface area contributed by atoms with Crippen LogP contribution in [-0.2, 0) is 11.2 Å². The quantitative estimate of drug-likeness (QED) is 0.791. The molecule has 4 rings (SSSR count). The zero-order chi connectivity index (χ0) is 19.5. The van der Waals surface area contributed by atoms with Gasteiger partial charge in [0.05, 0.1) is 12.1 Å². The number of carbonyl (C=O) groups excluding carboxylic acids is 2. The summed E-state index contributed by atoms with van der Waals surface area (Å²) < 4.78 is 5.18. The number of carbonyl (C=O) groups is 2. The third-order valence-electron chi connectivity index (χ3n) is 6.68. The van der Waals surface area contributed by atoms with Crippen molar-refractivity contribution in [3.05, 3.63) is 17.5 Å². The van der Waals surface area contributed by atoms with E-state index in [2.05, 4.69) is 15.0 Å². The molecule has 0 aliphatic carbocycles. The molecule has 0 radical (unpaired) electrons. The molecule has 2 amide bonds. The number of aryl methyl sites for hydroxylation is 1. The lowest BCUT2D eigenvalue weighted by atomic mass is 9.92. The number of hydrogen-bond acceptors (Lipinski definition) is 5. The maximum atomic E-state index is 12.8. The van der Waals surface area contributed by atoms with Gasteiger partial charge < -0.3 is 14.3 Å². The summed E-state index contributed by atoms with van der Waals surface area (Å²) in [6.07, 6.45) is 8.61. The van der Waals surface area contributed by atoms with E-state index in [1.54, 1.807) is 6.20 Å². The van der Waals surface area contributed by atoms with Crippen molar-refractivity contribution in [2.24, 2.45) is 5.92 Å². The molecule has 1 atom stereocenters. The van der Waals surface area contributed by atoms with Crippen LogP contribution in [0.3, 0.4) is 0 Å². The highest BCUT2D eigenvalue weighted by Gasteiger charge is 2.35. The maximum absolute atomic E-state index is 12.8. The van der Waals surface area contributed by atoms with E-state index in [4.69, 9.17) is 4.52 Å². The number of nitrogens with zero attached hydrogens (tertiary/aromatic N) is 4. The third kappa shape index (κ3) is 3.95. The molecular weight excluding hydrogens is 356 g/mol. The monoisotopic (exact) mass is 388 g/mol. The minimum atomic E-state index is 0.0391. The van der Waals surface area contributed by atoms with E-state index in [1.165, 1.54) is 0 Å². The van der Waals surface area contributed by atoms with Gasteiger partial charge in [0.25, 0.3) is 5.91 Å². The molecule has 28 heavy (non-hydrogen) atoms. The summed E-state index contributed by atoms with van der Waals surface area (Å²) in [7, 11) is 0. The molecule has 0 aromatic carbocycles. The molecule has 0 spiro atoms. The molecule has 0 unspecified atom stereocenters. The van der Waals surface area contributed by atoms with Crippen LogP contribution in [0.4, 0.5) is 0 Å². The molecule has 0 saturated carbocycles. The van der Waals surface area contributed by atoms with E-state index >= 15 is 0 Å². The Labute approximate surface area is 167 Å². The molecule has 3 saturated heterocycles. The Morgan fingerprint density at radius 3 is 2.50 bits per heavy atom. The second-order valence-corrected chi connectivity index (χ2v) is 8.41. The van der Waals surface area contributed by atoms with E-state index in [0.717, 1.165) is 77.8 Å². The van der Waals surface area contributed by atoms with Gasteiger partial charge in [-0.1, -0.05) is 12.1 Å². The maximum Gasteiger partial charge on any atom is 0.259 e. The number of amides is 2. The van der Waals surface area contributed by atoms with E-state index in [-0.39, 0.29) is 11.8 Å². The molecule has 3 aliphatic heterocycles. The van der Waals surface area contributed by atoms with E-state index in [0.29, 0.717) is 29.7 Å². The summed E-state index contributed by atoms with van der Waals surface area (Å²) in [5.74, 6) is 1.24. The first kappa shape index (κ1) is 19.4. The molecule has 1 aromatic heterocycles. The first-order chi connectivity index (χ1) is 13.7. The van der Waals surface area contributed by atoms with Gasteiger partial charge >= 0.3 is 0 Å². The largest absolute Gasteiger partial charge is 0.361 e. The Morgan fingerprint density at radius 1 is 1.04 bits per heavy atom. The lowest BCUT2D eigenvalue weighted by molar-refractivity contribution is -0.136. The Bertz CT molecular complexity index is 690. The molecule has 154 valence electrons.